The highest BCUT2D eigenvalue weighted by Crippen LogP contribution is 1.93. The zero-order chi connectivity index (χ0) is 9.94. The molecular weight excluding hydrogens is 170 g/mol. The number of hydrogen-bond donors (Lipinski definition) is 3. The number of nitrogens with one attached hydrogen (secondary N) is 1. The van der Waals surface area contributed by atoms with Crippen molar-refractivity contribution in [2.45, 2.75) is 25.9 Å². The van der Waals surface area contributed by atoms with E-state index in [0.717, 1.165) is 19.4 Å². The Morgan fingerprint density at radius 2 is 2.15 bits per heavy atom. The molecule has 0 heterocycles. The number of hydrogen-bond acceptors (Lipinski definition) is 4. The minimum Gasteiger partial charge on any atom is -0.394 e. The summed E-state index contributed by atoms with van der Waals surface area (Å²) in [5.41, 5.74) is 0. The second-order valence-electron chi connectivity index (χ2n) is 2.98. The lowest BCUT2D eigenvalue weighted by molar-refractivity contribution is 0.0905. The van der Waals surface area contributed by atoms with E-state index in [4.69, 9.17) is 9.84 Å². The van der Waals surface area contributed by atoms with E-state index in [1.165, 1.54) is 0 Å². The summed E-state index contributed by atoms with van der Waals surface area (Å²) in [4.78, 5) is 0. The zero-order valence-electron chi connectivity index (χ0n) is 8.33. The molecule has 0 saturated carbocycles. The Morgan fingerprint density at radius 1 is 1.38 bits per heavy atom. The first-order chi connectivity index (χ1) is 6.31. The lowest BCUT2D eigenvalue weighted by atomic mass is 10.2. The van der Waals surface area contributed by atoms with Crippen LogP contribution in [0.1, 0.15) is 19.8 Å². The van der Waals surface area contributed by atoms with Crippen molar-refractivity contribution in [3.63, 3.8) is 0 Å². The number of aliphatic hydroxyl groups excluding tert-OH is 2. The molecule has 0 spiro atoms. The molecule has 0 rings (SSSR count). The standard InChI is InChI=1S/C9H21NO3/c1-2-3-9(12)8-10-4-6-13-7-5-11/h9-12H,2-8H2,1H3. The van der Waals surface area contributed by atoms with E-state index in [-0.39, 0.29) is 12.7 Å². The summed E-state index contributed by atoms with van der Waals surface area (Å²) in [5, 5.41) is 20.8. The molecule has 0 saturated heterocycles. The second kappa shape index (κ2) is 9.92. The van der Waals surface area contributed by atoms with Crippen molar-refractivity contribution in [3.8, 4) is 0 Å². The van der Waals surface area contributed by atoms with Crippen LogP contribution in [0.25, 0.3) is 0 Å². The fourth-order valence-corrected chi connectivity index (χ4v) is 1.01. The van der Waals surface area contributed by atoms with E-state index < -0.39 is 0 Å². The van der Waals surface area contributed by atoms with Crippen molar-refractivity contribution in [1.82, 2.24) is 5.32 Å². The molecule has 0 fully saturated rings. The van der Waals surface area contributed by atoms with E-state index >= 15 is 0 Å². The van der Waals surface area contributed by atoms with Crippen LogP contribution in [0, 0.1) is 0 Å². The summed E-state index contributed by atoms with van der Waals surface area (Å²) in [6.07, 6.45) is 1.59. The molecule has 3 N–H and O–H groups in total. The van der Waals surface area contributed by atoms with Crippen molar-refractivity contribution in [2.24, 2.45) is 0 Å². The molecule has 0 radical (unpaired) electrons. The molecule has 4 nitrogen and oxygen atoms in total. The first kappa shape index (κ1) is 12.8. The van der Waals surface area contributed by atoms with Gasteiger partial charge in [0.1, 0.15) is 0 Å². The maximum absolute atomic E-state index is 9.31. The van der Waals surface area contributed by atoms with E-state index in [1.807, 2.05) is 6.92 Å². The van der Waals surface area contributed by atoms with Crippen LogP contribution in [0.2, 0.25) is 0 Å². The lowest BCUT2D eigenvalue weighted by Gasteiger charge is -2.10. The third-order valence-corrected chi connectivity index (χ3v) is 1.66. The first-order valence-electron chi connectivity index (χ1n) is 4.88. The maximum Gasteiger partial charge on any atom is 0.0698 e. The zero-order valence-corrected chi connectivity index (χ0v) is 8.33. The SMILES string of the molecule is CCCC(O)CNCCOCCO. The average Bonchev–Trinajstić information content (AvgIpc) is 2.11. The van der Waals surface area contributed by atoms with E-state index in [1.54, 1.807) is 0 Å². The van der Waals surface area contributed by atoms with Gasteiger partial charge in [0, 0.05) is 13.1 Å². The van der Waals surface area contributed by atoms with Crippen LogP contribution in [-0.4, -0.2) is 49.2 Å². The van der Waals surface area contributed by atoms with Crippen LogP contribution >= 0.6 is 0 Å². The highest BCUT2D eigenvalue weighted by Gasteiger charge is 2.00. The number of aliphatic hydroxyl groups is 2. The Bertz CT molecular complexity index is 101. The van der Waals surface area contributed by atoms with Crippen LogP contribution in [0.4, 0.5) is 0 Å². The molecule has 1 atom stereocenters. The van der Waals surface area contributed by atoms with Crippen LogP contribution in [0.3, 0.4) is 0 Å². The summed E-state index contributed by atoms with van der Waals surface area (Å²) < 4.78 is 5.03. The molecule has 4 heteroatoms. The van der Waals surface area contributed by atoms with Gasteiger partial charge in [0.2, 0.25) is 0 Å². The summed E-state index contributed by atoms with van der Waals surface area (Å²) in [6, 6.07) is 0. The third-order valence-electron chi connectivity index (χ3n) is 1.66. The molecular formula is C9H21NO3. The van der Waals surface area contributed by atoms with Crippen molar-refractivity contribution in [3.05, 3.63) is 0 Å². The van der Waals surface area contributed by atoms with Crippen molar-refractivity contribution in [1.29, 1.82) is 0 Å². The maximum atomic E-state index is 9.31. The van der Waals surface area contributed by atoms with Crippen LogP contribution < -0.4 is 5.32 Å². The van der Waals surface area contributed by atoms with Gasteiger partial charge in [-0.15, -0.1) is 0 Å². The number of ether oxygens (including phenoxy) is 1. The monoisotopic (exact) mass is 191 g/mol. The molecule has 0 aliphatic rings. The quantitative estimate of drug-likeness (QED) is 0.440. The largest absolute Gasteiger partial charge is 0.394 e. The fraction of sp³-hybridized carbons (Fsp3) is 1.00. The van der Waals surface area contributed by atoms with Gasteiger partial charge in [-0.25, -0.2) is 0 Å². The molecule has 13 heavy (non-hydrogen) atoms. The van der Waals surface area contributed by atoms with Gasteiger partial charge in [-0.2, -0.15) is 0 Å². The molecule has 0 aromatic rings. The van der Waals surface area contributed by atoms with Gasteiger partial charge in [0.25, 0.3) is 0 Å². The molecule has 80 valence electrons. The predicted octanol–water partition coefficient (Wildman–Crippen LogP) is -0.254. The minimum atomic E-state index is -0.247. The van der Waals surface area contributed by atoms with Crippen molar-refractivity contribution < 1.29 is 14.9 Å². The van der Waals surface area contributed by atoms with Crippen molar-refractivity contribution >= 4 is 0 Å². The highest BCUT2D eigenvalue weighted by molar-refractivity contribution is 4.57. The summed E-state index contributed by atoms with van der Waals surface area (Å²) in [5.74, 6) is 0. The smallest absolute Gasteiger partial charge is 0.0698 e. The Morgan fingerprint density at radius 3 is 2.77 bits per heavy atom. The molecule has 0 aromatic heterocycles. The van der Waals surface area contributed by atoms with Gasteiger partial charge in [-0.05, 0) is 6.42 Å². The van der Waals surface area contributed by atoms with Crippen LogP contribution in [0.5, 0.6) is 0 Å². The molecule has 0 bridgehead atoms. The molecule has 0 amide bonds. The van der Waals surface area contributed by atoms with E-state index in [0.29, 0.717) is 19.8 Å². The van der Waals surface area contributed by atoms with Gasteiger partial charge in [-0.1, -0.05) is 13.3 Å². The normalized spacial score (nSPS) is 13.2. The number of rotatable bonds is 9. The minimum absolute atomic E-state index is 0.0679. The van der Waals surface area contributed by atoms with Gasteiger partial charge in [0.15, 0.2) is 0 Å². The summed E-state index contributed by atoms with van der Waals surface area (Å²) >= 11 is 0. The Hall–Kier alpha value is -0.160. The van der Waals surface area contributed by atoms with Crippen LogP contribution in [0.15, 0.2) is 0 Å². The van der Waals surface area contributed by atoms with Gasteiger partial charge >= 0.3 is 0 Å². The Labute approximate surface area is 79.9 Å². The van der Waals surface area contributed by atoms with Gasteiger partial charge in [-0.3, -0.25) is 0 Å². The Kier molecular flexibility index (Phi) is 9.80. The lowest BCUT2D eigenvalue weighted by Crippen LogP contribution is -2.29. The fourth-order valence-electron chi connectivity index (χ4n) is 1.01. The van der Waals surface area contributed by atoms with Gasteiger partial charge < -0.3 is 20.3 Å². The average molecular weight is 191 g/mol. The summed E-state index contributed by atoms with van der Waals surface area (Å²) in [7, 11) is 0. The highest BCUT2D eigenvalue weighted by atomic mass is 16.5. The molecule has 0 aromatic carbocycles. The molecule has 1 unspecified atom stereocenters. The van der Waals surface area contributed by atoms with Crippen LogP contribution in [-0.2, 0) is 4.74 Å². The predicted molar refractivity (Wildman–Crippen MR) is 51.7 cm³/mol. The second-order valence-corrected chi connectivity index (χ2v) is 2.98. The molecule has 0 aliphatic carbocycles. The first-order valence-corrected chi connectivity index (χ1v) is 4.88. The Balaban J connectivity index is 2.97. The van der Waals surface area contributed by atoms with E-state index in [9.17, 15) is 5.11 Å². The van der Waals surface area contributed by atoms with E-state index in [2.05, 4.69) is 5.32 Å². The summed E-state index contributed by atoms with van der Waals surface area (Å²) in [6.45, 7) is 4.43. The van der Waals surface area contributed by atoms with Gasteiger partial charge in [0.05, 0.1) is 25.9 Å². The molecule has 0 aliphatic heterocycles. The topological polar surface area (TPSA) is 61.7 Å². The third kappa shape index (κ3) is 9.76. The van der Waals surface area contributed by atoms with Crippen molar-refractivity contribution in [2.75, 3.05) is 32.9 Å².